The lowest BCUT2D eigenvalue weighted by Gasteiger charge is -2.44. The molecule has 0 aliphatic carbocycles. The summed E-state index contributed by atoms with van der Waals surface area (Å²) in [5.41, 5.74) is 3.45. The molecular weight excluding hydrogens is 414 g/mol. The Morgan fingerprint density at radius 2 is 1.70 bits per heavy atom. The Balaban J connectivity index is 1.44. The van der Waals surface area contributed by atoms with Crippen LogP contribution in [-0.4, -0.2) is 77.3 Å². The minimum atomic E-state index is -1.16. The predicted molar refractivity (Wildman–Crippen MR) is 128 cm³/mol. The molecule has 3 aliphatic heterocycles. The highest BCUT2D eigenvalue weighted by Gasteiger charge is 2.58. The molecule has 6 rings (SSSR count). The van der Waals surface area contributed by atoms with E-state index in [0.29, 0.717) is 13.1 Å². The summed E-state index contributed by atoms with van der Waals surface area (Å²) in [6, 6.07) is 15.9. The number of piperazine rings is 1. The molecule has 7 heteroatoms. The van der Waals surface area contributed by atoms with Crippen LogP contribution in [0.3, 0.4) is 0 Å². The van der Waals surface area contributed by atoms with Crippen molar-refractivity contribution in [1.82, 2.24) is 19.7 Å². The summed E-state index contributed by atoms with van der Waals surface area (Å²) in [6.45, 7) is 7.77. The van der Waals surface area contributed by atoms with Crippen molar-refractivity contribution in [3.63, 3.8) is 0 Å². The third kappa shape index (κ3) is 2.96. The van der Waals surface area contributed by atoms with Crippen molar-refractivity contribution in [1.29, 1.82) is 0 Å². The third-order valence-corrected chi connectivity index (χ3v) is 7.63. The van der Waals surface area contributed by atoms with E-state index in [4.69, 9.17) is 0 Å². The number of rotatable bonds is 3. The van der Waals surface area contributed by atoms with Gasteiger partial charge in [0.15, 0.2) is 5.54 Å². The Hall–Kier alpha value is -3.16. The fourth-order valence-corrected chi connectivity index (χ4v) is 5.91. The second-order valence-corrected chi connectivity index (χ2v) is 9.24. The second-order valence-electron chi connectivity index (χ2n) is 9.24. The molecule has 1 spiro atoms. The number of carbonyl (C=O) groups excluding carboxylic acids is 2. The predicted octanol–water partition coefficient (Wildman–Crippen LogP) is 2.39. The second kappa shape index (κ2) is 7.71. The summed E-state index contributed by atoms with van der Waals surface area (Å²) < 4.78 is 0. The van der Waals surface area contributed by atoms with Crippen LogP contribution in [0.4, 0.5) is 5.69 Å². The van der Waals surface area contributed by atoms with Crippen LogP contribution in [0.5, 0.6) is 0 Å². The molecule has 1 saturated heterocycles. The van der Waals surface area contributed by atoms with E-state index in [1.807, 2.05) is 47.4 Å². The Morgan fingerprint density at radius 3 is 2.52 bits per heavy atom. The van der Waals surface area contributed by atoms with Gasteiger partial charge in [0.2, 0.25) is 5.91 Å². The molecule has 1 atom stereocenters. The largest absolute Gasteiger partial charge is 0.355 e. The van der Waals surface area contributed by atoms with E-state index in [1.165, 1.54) is 0 Å². The normalized spacial score (nSPS) is 23.1. The first kappa shape index (κ1) is 20.4. The summed E-state index contributed by atoms with van der Waals surface area (Å²) in [5.74, 6) is -0.142. The van der Waals surface area contributed by atoms with Crippen LogP contribution in [-0.2, 0) is 21.5 Å². The fourth-order valence-electron chi connectivity index (χ4n) is 5.91. The van der Waals surface area contributed by atoms with Crippen molar-refractivity contribution in [3.05, 3.63) is 65.4 Å². The van der Waals surface area contributed by atoms with Crippen LogP contribution in [0.25, 0.3) is 10.9 Å². The molecule has 4 heterocycles. The first-order chi connectivity index (χ1) is 16.1. The van der Waals surface area contributed by atoms with E-state index in [1.54, 1.807) is 0 Å². The molecule has 0 unspecified atom stereocenters. The van der Waals surface area contributed by atoms with Gasteiger partial charge in [0.1, 0.15) is 0 Å². The first-order valence-corrected chi connectivity index (χ1v) is 11.9. The standard InChI is InChI=1S/C26H29N5O2/c1-2-29-13-15-30(16-14-29)17-23(32)31-12-11-19-18-7-3-5-9-21(18)27-24(19)26(31)20-8-4-6-10-22(20)28-25(26)33/h3-10,27H,2,11-17H2,1H3,(H,28,33)/t26-/m1/s1. The van der Waals surface area contributed by atoms with E-state index >= 15 is 0 Å². The summed E-state index contributed by atoms with van der Waals surface area (Å²) in [5, 5.41) is 4.20. The summed E-state index contributed by atoms with van der Waals surface area (Å²) >= 11 is 0. The zero-order valence-corrected chi connectivity index (χ0v) is 18.9. The molecule has 1 aromatic heterocycles. The van der Waals surface area contributed by atoms with Crippen LogP contribution in [0.2, 0.25) is 0 Å². The maximum absolute atomic E-state index is 13.8. The van der Waals surface area contributed by atoms with Crippen molar-refractivity contribution >= 4 is 28.4 Å². The van der Waals surface area contributed by atoms with Crippen LogP contribution in [0.15, 0.2) is 48.5 Å². The average molecular weight is 444 g/mol. The number of amides is 2. The van der Waals surface area contributed by atoms with Gasteiger partial charge in [0.05, 0.1) is 12.2 Å². The van der Waals surface area contributed by atoms with E-state index in [2.05, 4.69) is 33.1 Å². The molecule has 0 radical (unpaired) electrons. The van der Waals surface area contributed by atoms with Gasteiger partial charge in [-0.3, -0.25) is 14.5 Å². The Kier molecular flexibility index (Phi) is 4.78. The Bertz CT molecular complexity index is 1240. The van der Waals surface area contributed by atoms with E-state index in [-0.39, 0.29) is 11.8 Å². The number of fused-ring (bicyclic) bond motifs is 6. The van der Waals surface area contributed by atoms with E-state index < -0.39 is 5.54 Å². The van der Waals surface area contributed by atoms with Crippen LogP contribution >= 0.6 is 0 Å². The summed E-state index contributed by atoms with van der Waals surface area (Å²) in [4.78, 5) is 37.6. The number of hydrogen-bond acceptors (Lipinski definition) is 4. The number of anilines is 1. The number of benzene rings is 2. The van der Waals surface area contributed by atoms with Gasteiger partial charge >= 0.3 is 0 Å². The number of H-pyrrole nitrogens is 1. The number of aromatic amines is 1. The highest BCUT2D eigenvalue weighted by molar-refractivity contribution is 6.11. The maximum Gasteiger partial charge on any atom is 0.261 e. The van der Waals surface area contributed by atoms with Crippen molar-refractivity contribution in [3.8, 4) is 0 Å². The average Bonchev–Trinajstić information content (AvgIpc) is 3.36. The Labute approximate surface area is 193 Å². The quantitative estimate of drug-likeness (QED) is 0.652. The minimum absolute atomic E-state index is 0.0103. The Morgan fingerprint density at radius 1 is 0.970 bits per heavy atom. The zero-order chi connectivity index (χ0) is 22.6. The number of para-hydroxylation sites is 2. The van der Waals surface area contributed by atoms with Crippen molar-refractivity contribution in [2.45, 2.75) is 18.9 Å². The van der Waals surface area contributed by atoms with Crippen molar-refractivity contribution in [2.24, 2.45) is 0 Å². The van der Waals surface area contributed by atoms with E-state index in [0.717, 1.165) is 72.6 Å². The molecule has 2 aromatic carbocycles. The molecule has 3 aromatic rings. The highest BCUT2D eigenvalue weighted by atomic mass is 16.2. The monoisotopic (exact) mass is 443 g/mol. The maximum atomic E-state index is 13.8. The molecule has 33 heavy (non-hydrogen) atoms. The van der Waals surface area contributed by atoms with Crippen LogP contribution in [0.1, 0.15) is 23.7 Å². The summed E-state index contributed by atoms with van der Waals surface area (Å²) in [7, 11) is 0. The number of nitrogens with zero attached hydrogens (tertiary/aromatic N) is 3. The van der Waals surface area contributed by atoms with Gasteiger partial charge in [-0.05, 0) is 30.7 Å². The molecule has 7 nitrogen and oxygen atoms in total. The number of aromatic nitrogens is 1. The molecule has 170 valence electrons. The molecule has 0 bridgehead atoms. The summed E-state index contributed by atoms with van der Waals surface area (Å²) in [6.07, 6.45) is 0.728. The van der Waals surface area contributed by atoms with E-state index in [9.17, 15) is 9.59 Å². The fraction of sp³-hybridized carbons (Fsp3) is 0.385. The van der Waals surface area contributed by atoms with Gasteiger partial charge in [-0.15, -0.1) is 0 Å². The van der Waals surface area contributed by atoms with Crippen molar-refractivity contribution in [2.75, 3.05) is 51.1 Å². The molecule has 3 aliphatic rings. The lowest BCUT2D eigenvalue weighted by molar-refractivity contribution is -0.145. The van der Waals surface area contributed by atoms with Gasteiger partial charge in [0, 0.05) is 54.9 Å². The first-order valence-electron chi connectivity index (χ1n) is 11.9. The van der Waals surface area contributed by atoms with Gasteiger partial charge in [0.25, 0.3) is 5.91 Å². The zero-order valence-electron chi connectivity index (χ0n) is 18.9. The molecular formula is C26H29N5O2. The molecule has 2 amide bonds. The van der Waals surface area contributed by atoms with Crippen molar-refractivity contribution < 1.29 is 9.59 Å². The third-order valence-electron chi connectivity index (χ3n) is 7.63. The van der Waals surface area contributed by atoms with Gasteiger partial charge < -0.3 is 20.1 Å². The number of hydrogen-bond donors (Lipinski definition) is 2. The topological polar surface area (TPSA) is 71.7 Å². The molecule has 0 saturated carbocycles. The minimum Gasteiger partial charge on any atom is -0.355 e. The highest BCUT2D eigenvalue weighted by Crippen LogP contribution is 2.49. The number of likely N-dealkylation sites (N-methyl/N-ethyl adjacent to an activating group) is 1. The van der Waals surface area contributed by atoms with Gasteiger partial charge in [-0.1, -0.05) is 43.3 Å². The molecule has 1 fully saturated rings. The lowest BCUT2D eigenvalue weighted by atomic mass is 9.79. The number of carbonyl (C=O) groups is 2. The lowest BCUT2D eigenvalue weighted by Crippen LogP contribution is -2.60. The SMILES string of the molecule is CCN1CCN(CC(=O)N2CCc3c([nH]c4ccccc34)[C@]23C(=O)Nc2ccccc23)CC1. The van der Waals surface area contributed by atoms with Gasteiger partial charge in [-0.25, -0.2) is 0 Å². The molecule has 2 N–H and O–H groups in total. The van der Waals surface area contributed by atoms with Crippen LogP contribution in [0, 0.1) is 0 Å². The van der Waals surface area contributed by atoms with Crippen LogP contribution < -0.4 is 5.32 Å². The van der Waals surface area contributed by atoms with Gasteiger partial charge in [-0.2, -0.15) is 0 Å². The smallest absolute Gasteiger partial charge is 0.261 e. The number of nitrogens with one attached hydrogen (secondary N) is 2.